The van der Waals surface area contributed by atoms with Crippen LogP contribution in [-0.4, -0.2) is 10.8 Å². The Labute approximate surface area is 107 Å². The van der Waals surface area contributed by atoms with Gasteiger partial charge in [0.15, 0.2) is 10.8 Å². The molecule has 1 fully saturated rings. The van der Waals surface area contributed by atoms with Crippen LogP contribution in [0.2, 0.25) is 0 Å². The van der Waals surface area contributed by atoms with Gasteiger partial charge >= 0.3 is 6.18 Å². The van der Waals surface area contributed by atoms with E-state index in [0.717, 1.165) is 31.9 Å². The van der Waals surface area contributed by atoms with Crippen LogP contribution < -0.4 is 0 Å². The molecule has 0 radical (unpaired) electrons. The highest BCUT2D eigenvalue weighted by molar-refractivity contribution is 7.13. The van der Waals surface area contributed by atoms with Crippen molar-refractivity contribution in [1.82, 2.24) is 4.98 Å². The number of aromatic nitrogens is 1. The summed E-state index contributed by atoms with van der Waals surface area (Å²) >= 11 is 0.457. The van der Waals surface area contributed by atoms with Gasteiger partial charge in [0, 0.05) is 12.1 Å². The molecule has 100 valence electrons. The fraction of sp³-hybridized carbons (Fsp3) is 0.667. The zero-order valence-corrected chi connectivity index (χ0v) is 10.8. The summed E-state index contributed by atoms with van der Waals surface area (Å²) in [6.07, 6.45) is 0.110. The van der Waals surface area contributed by atoms with Crippen molar-refractivity contribution in [1.29, 1.82) is 0 Å². The molecule has 0 aromatic carbocycles. The first-order valence-electron chi connectivity index (χ1n) is 5.95. The zero-order chi connectivity index (χ0) is 13.3. The van der Waals surface area contributed by atoms with Crippen molar-refractivity contribution >= 4 is 17.1 Å². The van der Waals surface area contributed by atoms with E-state index in [2.05, 4.69) is 11.9 Å². The van der Waals surface area contributed by atoms with Crippen molar-refractivity contribution in [2.45, 2.75) is 38.8 Å². The molecule has 1 saturated carbocycles. The summed E-state index contributed by atoms with van der Waals surface area (Å²) in [6, 6.07) is 0. The lowest BCUT2D eigenvalue weighted by Gasteiger charge is -2.24. The Morgan fingerprint density at radius 1 is 1.33 bits per heavy atom. The summed E-state index contributed by atoms with van der Waals surface area (Å²) in [5.74, 6) is 0.318. The minimum absolute atomic E-state index is 0.122. The van der Waals surface area contributed by atoms with Crippen LogP contribution in [0.25, 0.3) is 0 Å². The molecular weight excluding hydrogens is 263 g/mol. The number of hydrogen-bond donors (Lipinski definition) is 0. The Morgan fingerprint density at radius 2 is 1.94 bits per heavy atom. The maximum Gasteiger partial charge on any atom is 0.443 e. The molecule has 18 heavy (non-hydrogen) atoms. The fourth-order valence-corrected chi connectivity index (χ4v) is 3.04. The molecule has 0 spiro atoms. The first kappa shape index (κ1) is 13.5. The fourth-order valence-electron chi connectivity index (χ4n) is 2.24. The van der Waals surface area contributed by atoms with Gasteiger partial charge in [0.1, 0.15) is 0 Å². The van der Waals surface area contributed by atoms with Crippen LogP contribution in [0.15, 0.2) is 6.20 Å². The topological polar surface area (TPSA) is 30.0 Å². The van der Waals surface area contributed by atoms with E-state index in [1.165, 1.54) is 0 Å². The van der Waals surface area contributed by atoms with Crippen molar-refractivity contribution in [3.05, 3.63) is 16.1 Å². The summed E-state index contributed by atoms with van der Waals surface area (Å²) < 4.78 is 37.2. The highest BCUT2D eigenvalue weighted by Crippen LogP contribution is 2.35. The number of alkyl halides is 3. The molecule has 2 rings (SSSR count). The lowest BCUT2D eigenvalue weighted by Crippen LogP contribution is -2.20. The van der Waals surface area contributed by atoms with Crippen molar-refractivity contribution < 1.29 is 18.0 Å². The van der Waals surface area contributed by atoms with Gasteiger partial charge in [-0.3, -0.25) is 4.79 Å². The second-order valence-electron chi connectivity index (χ2n) is 4.85. The maximum atomic E-state index is 12.4. The molecule has 6 heteroatoms. The van der Waals surface area contributed by atoms with Crippen LogP contribution in [0.1, 0.15) is 47.3 Å². The van der Waals surface area contributed by atoms with Crippen molar-refractivity contribution in [3.8, 4) is 0 Å². The number of ketones is 1. The average molecular weight is 277 g/mol. The van der Waals surface area contributed by atoms with Gasteiger partial charge in [-0.2, -0.15) is 13.2 Å². The van der Waals surface area contributed by atoms with E-state index in [4.69, 9.17) is 0 Å². The molecule has 0 atom stereocenters. The largest absolute Gasteiger partial charge is 0.443 e. The lowest BCUT2D eigenvalue weighted by atomic mass is 9.81. The number of Topliss-reactive ketones (excluding diaryl/α,β-unsaturated/α-hetero) is 1. The van der Waals surface area contributed by atoms with Gasteiger partial charge in [0.05, 0.1) is 4.88 Å². The molecule has 1 aromatic heterocycles. The number of rotatable bonds is 2. The minimum Gasteiger partial charge on any atom is -0.293 e. The second-order valence-corrected chi connectivity index (χ2v) is 5.88. The molecule has 0 N–H and O–H groups in total. The summed E-state index contributed by atoms with van der Waals surface area (Å²) in [5, 5.41) is -0.935. The molecule has 1 aliphatic carbocycles. The molecule has 0 unspecified atom stereocenters. The van der Waals surface area contributed by atoms with E-state index >= 15 is 0 Å². The van der Waals surface area contributed by atoms with Gasteiger partial charge in [0.2, 0.25) is 0 Å². The molecular formula is C12H14F3NOS. The smallest absolute Gasteiger partial charge is 0.293 e. The molecule has 0 saturated heterocycles. The Bertz CT molecular complexity index is 433. The van der Waals surface area contributed by atoms with Gasteiger partial charge in [-0.1, -0.05) is 19.8 Å². The molecule has 1 heterocycles. The standard InChI is InChI=1S/C12H14F3NOS/c1-7-2-4-8(5-3-7)10(17)9-6-16-11(18-9)12(13,14)15/h6-8H,2-5H2,1H3. The monoisotopic (exact) mass is 277 g/mol. The summed E-state index contributed by atoms with van der Waals surface area (Å²) in [6.45, 7) is 2.13. The van der Waals surface area contributed by atoms with Crippen LogP contribution in [0.3, 0.4) is 0 Å². The maximum absolute atomic E-state index is 12.4. The first-order chi connectivity index (χ1) is 8.38. The Kier molecular flexibility index (Phi) is 3.75. The van der Waals surface area contributed by atoms with Gasteiger partial charge < -0.3 is 0 Å². The van der Waals surface area contributed by atoms with Crippen LogP contribution >= 0.6 is 11.3 Å². The second kappa shape index (κ2) is 4.99. The molecule has 0 amide bonds. The van der Waals surface area contributed by atoms with E-state index < -0.39 is 11.2 Å². The van der Waals surface area contributed by atoms with E-state index in [-0.39, 0.29) is 16.6 Å². The van der Waals surface area contributed by atoms with Gasteiger partial charge in [-0.05, 0) is 18.8 Å². The number of halogens is 3. The zero-order valence-electron chi connectivity index (χ0n) is 9.96. The number of thiazole rings is 1. The molecule has 0 bridgehead atoms. The minimum atomic E-state index is -4.45. The van der Waals surface area contributed by atoms with E-state index in [1.807, 2.05) is 0 Å². The molecule has 2 nitrogen and oxygen atoms in total. The van der Waals surface area contributed by atoms with Crippen LogP contribution in [0.5, 0.6) is 0 Å². The summed E-state index contributed by atoms with van der Waals surface area (Å²) in [4.78, 5) is 15.5. The normalized spacial score (nSPS) is 25.1. The molecule has 0 aliphatic heterocycles. The van der Waals surface area contributed by atoms with E-state index in [0.29, 0.717) is 17.3 Å². The van der Waals surface area contributed by atoms with Crippen LogP contribution in [-0.2, 0) is 6.18 Å². The van der Waals surface area contributed by atoms with Crippen LogP contribution in [0, 0.1) is 11.8 Å². The number of carbonyl (C=O) groups is 1. The van der Waals surface area contributed by atoms with E-state index in [9.17, 15) is 18.0 Å². The number of hydrogen-bond acceptors (Lipinski definition) is 3. The predicted octanol–water partition coefficient (Wildman–Crippen LogP) is 4.17. The average Bonchev–Trinajstić information content (AvgIpc) is 2.78. The Balaban J connectivity index is 2.07. The third-order valence-electron chi connectivity index (χ3n) is 3.38. The molecule has 1 aromatic rings. The lowest BCUT2D eigenvalue weighted by molar-refractivity contribution is -0.137. The van der Waals surface area contributed by atoms with E-state index in [1.54, 1.807) is 0 Å². The van der Waals surface area contributed by atoms with Crippen molar-refractivity contribution in [2.24, 2.45) is 11.8 Å². The highest BCUT2D eigenvalue weighted by atomic mass is 32.1. The SMILES string of the molecule is CC1CCC(C(=O)c2cnc(C(F)(F)F)s2)CC1. The first-order valence-corrected chi connectivity index (χ1v) is 6.77. The molecule has 1 aliphatic rings. The van der Waals surface area contributed by atoms with Gasteiger partial charge in [-0.15, -0.1) is 11.3 Å². The number of nitrogens with zero attached hydrogens (tertiary/aromatic N) is 1. The summed E-state index contributed by atoms with van der Waals surface area (Å²) in [7, 11) is 0. The Morgan fingerprint density at radius 3 is 2.44 bits per heavy atom. The van der Waals surface area contributed by atoms with Crippen molar-refractivity contribution in [3.63, 3.8) is 0 Å². The van der Waals surface area contributed by atoms with Crippen molar-refractivity contribution in [2.75, 3.05) is 0 Å². The third-order valence-corrected chi connectivity index (χ3v) is 4.43. The van der Waals surface area contributed by atoms with Gasteiger partial charge in [0.25, 0.3) is 0 Å². The van der Waals surface area contributed by atoms with Gasteiger partial charge in [-0.25, -0.2) is 4.98 Å². The predicted molar refractivity (Wildman–Crippen MR) is 62.6 cm³/mol. The quantitative estimate of drug-likeness (QED) is 0.759. The highest BCUT2D eigenvalue weighted by Gasteiger charge is 2.36. The Hall–Kier alpha value is -0.910. The summed E-state index contributed by atoms with van der Waals surface area (Å²) in [5.41, 5.74) is 0. The third kappa shape index (κ3) is 2.91. The number of carbonyl (C=O) groups excluding carboxylic acids is 1. The van der Waals surface area contributed by atoms with Crippen LogP contribution in [0.4, 0.5) is 13.2 Å².